The van der Waals surface area contributed by atoms with Crippen molar-refractivity contribution in [2.75, 3.05) is 10.7 Å². The van der Waals surface area contributed by atoms with Crippen LogP contribution in [0.1, 0.15) is 18.3 Å². The number of benzene rings is 1. The van der Waals surface area contributed by atoms with E-state index < -0.39 is 5.82 Å². The number of nitrogen functional groups attached to an aromatic ring is 1. The number of hydrogen-bond donors (Lipinski definition) is 3. The van der Waals surface area contributed by atoms with Gasteiger partial charge in [0.25, 0.3) is 0 Å². The molecule has 7 heteroatoms. The van der Waals surface area contributed by atoms with Crippen molar-refractivity contribution >= 4 is 17.3 Å². The van der Waals surface area contributed by atoms with Crippen LogP contribution in [0.15, 0.2) is 24.3 Å². The van der Waals surface area contributed by atoms with Crippen molar-refractivity contribution in [3.05, 3.63) is 41.5 Å². The average molecular weight is 272 g/mol. The highest BCUT2D eigenvalue weighted by Crippen LogP contribution is 2.19. The number of hydrogen-bond acceptors (Lipinski definition) is 6. The lowest BCUT2D eigenvalue weighted by Gasteiger charge is -2.09. The standard InChI is InChI=1S/C13H13FN6/c1-2-11-18-12(6-13(19-11)20-16)17-9-3-4-10(14)8(5-9)7-15/h3-6H,2,16H2,1H3,(H2,17,18,19,20). The van der Waals surface area contributed by atoms with E-state index in [1.54, 1.807) is 12.1 Å². The molecule has 1 aromatic carbocycles. The third-order valence-corrected chi connectivity index (χ3v) is 2.60. The van der Waals surface area contributed by atoms with E-state index in [1.807, 2.05) is 6.92 Å². The van der Waals surface area contributed by atoms with Gasteiger partial charge in [0, 0.05) is 18.2 Å². The van der Waals surface area contributed by atoms with Crippen molar-refractivity contribution in [1.82, 2.24) is 9.97 Å². The van der Waals surface area contributed by atoms with Gasteiger partial charge < -0.3 is 10.7 Å². The summed E-state index contributed by atoms with van der Waals surface area (Å²) in [6, 6.07) is 7.58. The number of aromatic nitrogens is 2. The summed E-state index contributed by atoms with van der Waals surface area (Å²) in [5.74, 6) is 6.39. The number of nitrogens with one attached hydrogen (secondary N) is 2. The summed E-state index contributed by atoms with van der Waals surface area (Å²) in [6.45, 7) is 1.92. The average Bonchev–Trinajstić information content (AvgIpc) is 2.48. The number of nitrogens with zero attached hydrogens (tertiary/aromatic N) is 3. The summed E-state index contributed by atoms with van der Waals surface area (Å²) in [4.78, 5) is 8.44. The van der Waals surface area contributed by atoms with Gasteiger partial charge in [-0.2, -0.15) is 5.26 Å². The minimum absolute atomic E-state index is 0.0306. The normalized spacial score (nSPS) is 9.90. The van der Waals surface area contributed by atoms with E-state index in [9.17, 15) is 4.39 Å². The number of nitrogens with two attached hydrogens (primary N) is 1. The Balaban J connectivity index is 2.32. The molecule has 0 atom stereocenters. The minimum Gasteiger partial charge on any atom is -0.340 e. The van der Waals surface area contributed by atoms with Gasteiger partial charge in [0.1, 0.15) is 29.3 Å². The molecule has 0 radical (unpaired) electrons. The van der Waals surface area contributed by atoms with Crippen LogP contribution in [0, 0.1) is 17.1 Å². The zero-order valence-electron chi connectivity index (χ0n) is 10.8. The fourth-order valence-corrected chi connectivity index (χ4v) is 1.63. The molecule has 0 aliphatic carbocycles. The van der Waals surface area contributed by atoms with Gasteiger partial charge in [0.05, 0.1) is 5.56 Å². The Morgan fingerprint density at radius 2 is 2.05 bits per heavy atom. The van der Waals surface area contributed by atoms with Crippen LogP contribution in [0.25, 0.3) is 0 Å². The van der Waals surface area contributed by atoms with Crippen LogP contribution < -0.4 is 16.6 Å². The van der Waals surface area contributed by atoms with Crippen LogP contribution in [0.5, 0.6) is 0 Å². The summed E-state index contributed by atoms with van der Waals surface area (Å²) in [7, 11) is 0. The second kappa shape index (κ2) is 5.95. The quantitative estimate of drug-likeness (QED) is 0.582. The first-order valence-corrected chi connectivity index (χ1v) is 5.97. The third-order valence-electron chi connectivity index (χ3n) is 2.60. The largest absolute Gasteiger partial charge is 0.340 e. The predicted octanol–water partition coefficient (Wildman–Crippen LogP) is 2.08. The van der Waals surface area contributed by atoms with Gasteiger partial charge in [-0.05, 0) is 18.2 Å². The molecule has 0 amide bonds. The summed E-state index contributed by atoms with van der Waals surface area (Å²) in [5.41, 5.74) is 2.99. The first-order valence-electron chi connectivity index (χ1n) is 5.97. The molecule has 0 bridgehead atoms. The molecule has 6 nitrogen and oxygen atoms in total. The van der Waals surface area contributed by atoms with Gasteiger partial charge in [-0.1, -0.05) is 6.92 Å². The molecule has 0 aliphatic heterocycles. The van der Waals surface area contributed by atoms with Crippen LogP contribution >= 0.6 is 0 Å². The fraction of sp³-hybridized carbons (Fsp3) is 0.154. The molecule has 1 heterocycles. The predicted molar refractivity (Wildman–Crippen MR) is 73.6 cm³/mol. The van der Waals surface area contributed by atoms with E-state index in [1.165, 1.54) is 18.2 Å². The lowest BCUT2D eigenvalue weighted by molar-refractivity contribution is 0.624. The van der Waals surface area contributed by atoms with Crippen molar-refractivity contribution < 1.29 is 4.39 Å². The summed E-state index contributed by atoms with van der Waals surface area (Å²) in [5, 5.41) is 11.8. The smallest absolute Gasteiger partial charge is 0.145 e. The molecule has 0 unspecified atom stereocenters. The lowest BCUT2D eigenvalue weighted by Crippen LogP contribution is -2.11. The molecule has 2 aromatic rings. The van der Waals surface area contributed by atoms with Gasteiger partial charge in [-0.15, -0.1) is 0 Å². The maximum Gasteiger partial charge on any atom is 0.145 e. The van der Waals surface area contributed by atoms with Gasteiger partial charge in [0.2, 0.25) is 0 Å². The Bertz CT molecular complexity index is 642. The molecule has 0 aliphatic rings. The van der Waals surface area contributed by atoms with Gasteiger partial charge in [-0.25, -0.2) is 20.2 Å². The van der Waals surface area contributed by atoms with Crippen molar-refractivity contribution in [1.29, 1.82) is 5.26 Å². The first-order chi connectivity index (χ1) is 9.66. The molecule has 0 saturated heterocycles. The van der Waals surface area contributed by atoms with Crippen molar-refractivity contribution in [3.8, 4) is 6.07 Å². The second-order valence-electron chi connectivity index (χ2n) is 3.98. The molecule has 4 N–H and O–H groups in total. The number of halogens is 1. The van der Waals surface area contributed by atoms with E-state index in [-0.39, 0.29) is 5.56 Å². The van der Waals surface area contributed by atoms with Crippen LogP contribution in [0.4, 0.5) is 21.7 Å². The maximum atomic E-state index is 13.2. The van der Waals surface area contributed by atoms with Crippen molar-refractivity contribution in [2.45, 2.75) is 13.3 Å². The number of aryl methyl sites for hydroxylation is 1. The van der Waals surface area contributed by atoms with Crippen LogP contribution in [-0.2, 0) is 6.42 Å². The summed E-state index contributed by atoms with van der Waals surface area (Å²) >= 11 is 0. The van der Waals surface area contributed by atoms with Gasteiger partial charge in [0.15, 0.2) is 0 Å². The van der Waals surface area contributed by atoms with Crippen LogP contribution in [0.3, 0.4) is 0 Å². The Morgan fingerprint density at radius 1 is 1.30 bits per heavy atom. The van der Waals surface area contributed by atoms with Crippen molar-refractivity contribution in [3.63, 3.8) is 0 Å². The molecule has 0 fully saturated rings. The summed E-state index contributed by atoms with van der Waals surface area (Å²) in [6.07, 6.45) is 0.650. The SMILES string of the molecule is CCc1nc(NN)cc(Nc2ccc(F)c(C#N)c2)n1. The highest BCUT2D eigenvalue weighted by molar-refractivity contribution is 5.61. The molecular formula is C13H13FN6. The molecule has 1 aromatic heterocycles. The van der Waals surface area contributed by atoms with E-state index in [2.05, 4.69) is 20.7 Å². The molecule has 20 heavy (non-hydrogen) atoms. The number of nitriles is 1. The topological polar surface area (TPSA) is 99.6 Å². The third kappa shape index (κ3) is 2.99. The Kier molecular flexibility index (Phi) is 4.08. The molecule has 0 saturated carbocycles. The Hall–Kier alpha value is -2.72. The summed E-state index contributed by atoms with van der Waals surface area (Å²) < 4.78 is 13.2. The minimum atomic E-state index is -0.556. The second-order valence-corrected chi connectivity index (χ2v) is 3.98. The van der Waals surface area contributed by atoms with Crippen LogP contribution in [-0.4, -0.2) is 9.97 Å². The lowest BCUT2D eigenvalue weighted by atomic mass is 10.2. The Morgan fingerprint density at radius 3 is 2.70 bits per heavy atom. The number of hydrazine groups is 1. The zero-order chi connectivity index (χ0) is 14.5. The van der Waals surface area contributed by atoms with Gasteiger partial charge in [-0.3, -0.25) is 0 Å². The highest BCUT2D eigenvalue weighted by atomic mass is 19.1. The highest BCUT2D eigenvalue weighted by Gasteiger charge is 2.06. The Labute approximate surface area is 115 Å². The van der Waals surface area contributed by atoms with E-state index >= 15 is 0 Å². The molecular weight excluding hydrogens is 259 g/mol. The zero-order valence-corrected chi connectivity index (χ0v) is 10.8. The molecule has 102 valence electrons. The number of rotatable bonds is 4. The monoisotopic (exact) mass is 272 g/mol. The number of anilines is 3. The first kappa shape index (κ1) is 13.7. The van der Waals surface area contributed by atoms with E-state index in [0.29, 0.717) is 29.6 Å². The van der Waals surface area contributed by atoms with Crippen LogP contribution in [0.2, 0.25) is 0 Å². The van der Waals surface area contributed by atoms with Crippen molar-refractivity contribution in [2.24, 2.45) is 5.84 Å². The van der Waals surface area contributed by atoms with E-state index in [4.69, 9.17) is 11.1 Å². The fourth-order valence-electron chi connectivity index (χ4n) is 1.63. The van der Waals surface area contributed by atoms with E-state index in [0.717, 1.165) is 0 Å². The molecule has 0 spiro atoms. The van der Waals surface area contributed by atoms with Gasteiger partial charge >= 0.3 is 0 Å². The maximum absolute atomic E-state index is 13.2. The molecule has 2 rings (SSSR count).